The predicted molar refractivity (Wildman–Crippen MR) is 65.2 cm³/mol. The van der Waals surface area contributed by atoms with Gasteiger partial charge in [-0.3, -0.25) is 0 Å². The van der Waals surface area contributed by atoms with Gasteiger partial charge >= 0.3 is 0 Å². The van der Waals surface area contributed by atoms with Gasteiger partial charge in [-0.15, -0.1) is 6.58 Å². The highest BCUT2D eigenvalue weighted by atomic mass is 14.9. The van der Waals surface area contributed by atoms with Crippen LogP contribution < -0.4 is 5.32 Å². The van der Waals surface area contributed by atoms with E-state index in [0.29, 0.717) is 12.0 Å². The highest BCUT2D eigenvalue weighted by molar-refractivity contribution is 5.36. The van der Waals surface area contributed by atoms with Crippen molar-refractivity contribution in [3.8, 4) is 0 Å². The Morgan fingerprint density at radius 3 is 3.07 bits per heavy atom. The third kappa shape index (κ3) is 1.98. The van der Waals surface area contributed by atoms with Crippen LogP contribution in [0.15, 0.2) is 36.9 Å². The number of likely N-dealkylation sites (N-methyl/N-ethyl adjacent to an activating group) is 1. The Hall–Kier alpha value is -1.08. The number of aryl methyl sites for hydroxylation is 1. The van der Waals surface area contributed by atoms with Crippen molar-refractivity contribution in [1.29, 1.82) is 0 Å². The van der Waals surface area contributed by atoms with Crippen LogP contribution in [0.5, 0.6) is 0 Å². The SMILES string of the molecule is C=CC(NCC)C1CCc2ccccc21. The number of benzene rings is 1. The molecule has 1 aromatic rings. The van der Waals surface area contributed by atoms with E-state index in [-0.39, 0.29) is 0 Å². The maximum atomic E-state index is 3.93. The van der Waals surface area contributed by atoms with E-state index < -0.39 is 0 Å². The van der Waals surface area contributed by atoms with Crippen molar-refractivity contribution in [2.75, 3.05) is 6.54 Å². The van der Waals surface area contributed by atoms with Gasteiger partial charge in [-0.25, -0.2) is 0 Å². The summed E-state index contributed by atoms with van der Waals surface area (Å²) in [7, 11) is 0. The Kier molecular flexibility index (Phi) is 3.22. The van der Waals surface area contributed by atoms with Crippen LogP contribution >= 0.6 is 0 Å². The van der Waals surface area contributed by atoms with Crippen molar-refractivity contribution >= 4 is 0 Å². The molecule has 0 heterocycles. The summed E-state index contributed by atoms with van der Waals surface area (Å²) in [5.74, 6) is 0.624. The molecule has 0 aliphatic heterocycles. The normalized spacial score (nSPS) is 21.0. The van der Waals surface area contributed by atoms with E-state index in [4.69, 9.17) is 0 Å². The molecule has 0 saturated heterocycles. The van der Waals surface area contributed by atoms with Gasteiger partial charge in [0.05, 0.1) is 0 Å². The second kappa shape index (κ2) is 4.63. The molecule has 0 bridgehead atoms. The first-order valence-corrected chi connectivity index (χ1v) is 5.80. The summed E-state index contributed by atoms with van der Waals surface area (Å²) in [5.41, 5.74) is 3.04. The molecular weight excluding hydrogens is 182 g/mol. The minimum Gasteiger partial charge on any atom is -0.310 e. The van der Waals surface area contributed by atoms with E-state index in [0.717, 1.165) is 6.54 Å². The summed E-state index contributed by atoms with van der Waals surface area (Å²) in [6, 6.07) is 9.22. The van der Waals surface area contributed by atoms with Gasteiger partial charge in [0.25, 0.3) is 0 Å². The topological polar surface area (TPSA) is 12.0 Å². The van der Waals surface area contributed by atoms with Crippen molar-refractivity contribution in [1.82, 2.24) is 5.32 Å². The molecule has 0 radical (unpaired) electrons. The summed E-state index contributed by atoms with van der Waals surface area (Å²) < 4.78 is 0. The number of nitrogens with one attached hydrogen (secondary N) is 1. The van der Waals surface area contributed by atoms with Gasteiger partial charge in [-0.1, -0.05) is 37.3 Å². The fourth-order valence-electron chi connectivity index (χ4n) is 2.59. The van der Waals surface area contributed by atoms with Gasteiger partial charge in [0, 0.05) is 12.0 Å². The minimum atomic E-state index is 0.429. The zero-order valence-corrected chi connectivity index (χ0v) is 9.37. The van der Waals surface area contributed by atoms with Gasteiger partial charge < -0.3 is 5.32 Å². The van der Waals surface area contributed by atoms with Crippen molar-refractivity contribution in [2.24, 2.45) is 0 Å². The lowest BCUT2D eigenvalue weighted by Gasteiger charge is -2.21. The summed E-state index contributed by atoms with van der Waals surface area (Å²) in [4.78, 5) is 0. The molecule has 2 rings (SSSR count). The Bertz CT molecular complexity index is 343. The lowest BCUT2D eigenvalue weighted by Crippen LogP contribution is -2.31. The molecule has 1 aliphatic rings. The average Bonchev–Trinajstić information content (AvgIpc) is 2.70. The van der Waals surface area contributed by atoms with E-state index in [2.05, 4.69) is 49.2 Å². The Balaban J connectivity index is 2.22. The van der Waals surface area contributed by atoms with Gasteiger partial charge in [0.15, 0.2) is 0 Å². The molecule has 0 aromatic heterocycles. The number of fused-ring (bicyclic) bond motifs is 1. The molecule has 1 heteroatoms. The zero-order valence-electron chi connectivity index (χ0n) is 9.37. The van der Waals surface area contributed by atoms with Gasteiger partial charge in [0.2, 0.25) is 0 Å². The van der Waals surface area contributed by atoms with Gasteiger partial charge in [0.1, 0.15) is 0 Å². The second-order valence-electron chi connectivity index (χ2n) is 4.16. The van der Waals surface area contributed by atoms with Crippen LogP contribution in [0.2, 0.25) is 0 Å². The zero-order chi connectivity index (χ0) is 10.7. The lowest BCUT2D eigenvalue weighted by atomic mass is 9.93. The van der Waals surface area contributed by atoms with Crippen LogP contribution in [0.3, 0.4) is 0 Å². The Morgan fingerprint density at radius 2 is 2.33 bits per heavy atom. The summed E-state index contributed by atoms with van der Waals surface area (Å²) in [6.07, 6.45) is 4.52. The molecule has 1 nitrogen and oxygen atoms in total. The Morgan fingerprint density at radius 1 is 1.53 bits per heavy atom. The van der Waals surface area contributed by atoms with Crippen molar-refractivity contribution in [3.63, 3.8) is 0 Å². The monoisotopic (exact) mass is 201 g/mol. The van der Waals surface area contributed by atoms with Gasteiger partial charge in [-0.05, 0) is 30.5 Å². The molecule has 2 unspecified atom stereocenters. The first-order chi connectivity index (χ1) is 7.36. The van der Waals surface area contributed by atoms with E-state index in [1.54, 1.807) is 0 Å². The van der Waals surface area contributed by atoms with Crippen LogP contribution in [0, 0.1) is 0 Å². The molecular formula is C14H19N. The van der Waals surface area contributed by atoms with Crippen molar-refractivity contribution < 1.29 is 0 Å². The predicted octanol–water partition coefficient (Wildman–Crippen LogP) is 2.88. The third-order valence-electron chi connectivity index (χ3n) is 3.31. The smallest absolute Gasteiger partial charge is 0.0316 e. The summed E-state index contributed by atoms with van der Waals surface area (Å²) >= 11 is 0. The van der Waals surface area contributed by atoms with Crippen LogP contribution in [-0.2, 0) is 6.42 Å². The number of rotatable bonds is 4. The molecule has 0 saturated carbocycles. The summed E-state index contributed by atoms with van der Waals surface area (Å²) in [6.45, 7) is 7.09. The molecule has 80 valence electrons. The van der Waals surface area contributed by atoms with Crippen LogP contribution in [0.4, 0.5) is 0 Å². The molecule has 2 atom stereocenters. The molecule has 0 spiro atoms. The maximum absolute atomic E-state index is 3.93. The fourth-order valence-corrected chi connectivity index (χ4v) is 2.59. The van der Waals surface area contributed by atoms with E-state index in [1.807, 2.05) is 0 Å². The van der Waals surface area contributed by atoms with Crippen molar-refractivity contribution in [2.45, 2.75) is 31.7 Å². The molecule has 1 N–H and O–H groups in total. The van der Waals surface area contributed by atoms with E-state index >= 15 is 0 Å². The summed E-state index contributed by atoms with van der Waals surface area (Å²) in [5, 5.41) is 3.50. The molecule has 0 amide bonds. The second-order valence-corrected chi connectivity index (χ2v) is 4.16. The largest absolute Gasteiger partial charge is 0.310 e. The first-order valence-electron chi connectivity index (χ1n) is 5.80. The van der Waals surface area contributed by atoms with Crippen molar-refractivity contribution in [3.05, 3.63) is 48.0 Å². The highest BCUT2D eigenvalue weighted by Gasteiger charge is 2.26. The number of hydrogen-bond donors (Lipinski definition) is 1. The maximum Gasteiger partial charge on any atom is 0.0316 e. The molecule has 15 heavy (non-hydrogen) atoms. The minimum absolute atomic E-state index is 0.429. The lowest BCUT2D eigenvalue weighted by molar-refractivity contribution is 0.507. The van der Waals surface area contributed by atoms with Crippen LogP contribution in [0.25, 0.3) is 0 Å². The standard InChI is InChI=1S/C14H19N/c1-3-14(15-4-2)13-10-9-11-7-5-6-8-12(11)13/h3,5-8,13-15H,1,4,9-10H2,2H3. The van der Waals surface area contributed by atoms with Gasteiger partial charge in [-0.2, -0.15) is 0 Å². The molecule has 1 aromatic carbocycles. The average molecular weight is 201 g/mol. The quantitative estimate of drug-likeness (QED) is 0.739. The Labute approximate surface area is 92.2 Å². The fraction of sp³-hybridized carbons (Fsp3) is 0.429. The third-order valence-corrected chi connectivity index (χ3v) is 3.31. The highest BCUT2D eigenvalue weighted by Crippen LogP contribution is 2.35. The van der Waals surface area contributed by atoms with Crippen LogP contribution in [-0.4, -0.2) is 12.6 Å². The van der Waals surface area contributed by atoms with E-state index in [1.165, 1.54) is 24.0 Å². The molecule has 1 aliphatic carbocycles. The molecule has 0 fully saturated rings. The van der Waals surface area contributed by atoms with E-state index in [9.17, 15) is 0 Å². The van der Waals surface area contributed by atoms with Crippen LogP contribution in [0.1, 0.15) is 30.4 Å². The number of hydrogen-bond acceptors (Lipinski definition) is 1. The first kappa shape index (κ1) is 10.4.